The zero-order chi connectivity index (χ0) is 17.5. The number of aryl methyl sites for hydroxylation is 2. The lowest BCUT2D eigenvalue weighted by atomic mass is 9.89. The number of nitrogens with zero attached hydrogens (tertiary/aromatic N) is 2. The summed E-state index contributed by atoms with van der Waals surface area (Å²) in [5.74, 6) is 1.81. The molecule has 0 radical (unpaired) electrons. The number of hydrogen-bond acceptors (Lipinski definition) is 3. The van der Waals surface area contributed by atoms with Crippen LogP contribution in [0.5, 0.6) is 0 Å². The molecule has 0 aliphatic heterocycles. The highest BCUT2D eigenvalue weighted by Crippen LogP contribution is 2.21. The first kappa shape index (κ1) is 19.5. The van der Waals surface area contributed by atoms with Crippen LogP contribution in [0.3, 0.4) is 0 Å². The fraction of sp³-hybridized carbons (Fsp3) is 0.778. The Morgan fingerprint density at radius 2 is 2.00 bits per heavy atom. The van der Waals surface area contributed by atoms with Crippen molar-refractivity contribution in [1.29, 1.82) is 0 Å². The van der Waals surface area contributed by atoms with Crippen molar-refractivity contribution in [2.75, 3.05) is 13.6 Å². The molecule has 1 aromatic rings. The van der Waals surface area contributed by atoms with Crippen LogP contribution in [0.2, 0.25) is 0 Å². The molecule has 0 aromatic carbocycles. The molecule has 0 saturated heterocycles. The normalized spacial score (nSPS) is 14.0. The van der Waals surface area contributed by atoms with E-state index in [1.54, 1.807) is 0 Å². The number of hydrogen-bond donors (Lipinski definition) is 2. The molecule has 5 heteroatoms. The predicted molar refractivity (Wildman–Crippen MR) is 96.9 cm³/mol. The molecule has 132 valence electrons. The first-order valence-electron chi connectivity index (χ1n) is 8.62. The lowest BCUT2D eigenvalue weighted by Gasteiger charge is -2.23. The lowest BCUT2D eigenvalue weighted by molar-refractivity contribution is 0.346. The van der Waals surface area contributed by atoms with Crippen molar-refractivity contribution < 1.29 is 4.52 Å². The molecule has 0 aliphatic rings. The molecule has 0 amide bonds. The SMILES string of the molecule is CN=C(NCCCc1c(C)noc1C)NC(C)CCC(C)(C)C. The molecule has 2 N–H and O–H groups in total. The molecule has 5 nitrogen and oxygen atoms in total. The predicted octanol–water partition coefficient (Wildman–Crippen LogP) is 3.60. The van der Waals surface area contributed by atoms with Crippen LogP contribution < -0.4 is 10.6 Å². The van der Waals surface area contributed by atoms with Crippen LogP contribution in [0.1, 0.15) is 64.0 Å². The Morgan fingerprint density at radius 1 is 1.30 bits per heavy atom. The molecule has 1 rings (SSSR count). The minimum Gasteiger partial charge on any atom is -0.361 e. The van der Waals surface area contributed by atoms with Crippen molar-refractivity contribution in [2.45, 2.75) is 73.3 Å². The highest BCUT2D eigenvalue weighted by atomic mass is 16.5. The van der Waals surface area contributed by atoms with Crippen LogP contribution in [0.4, 0.5) is 0 Å². The average molecular weight is 322 g/mol. The monoisotopic (exact) mass is 322 g/mol. The van der Waals surface area contributed by atoms with E-state index >= 15 is 0 Å². The van der Waals surface area contributed by atoms with E-state index in [0.717, 1.165) is 43.2 Å². The lowest BCUT2D eigenvalue weighted by Crippen LogP contribution is -2.42. The summed E-state index contributed by atoms with van der Waals surface area (Å²) in [6.07, 6.45) is 4.35. The number of rotatable bonds is 7. The van der Waals surface area contributed by atoms with E-state index < -0.39 is 0 Å². The molecule has 0 aliphatic carbocycles. The summed E-state index contributed by atoms with van der Waals surface area (Å²) < 4.78 is 5.20. The maximum absolute atomic E-state index is 5.20. The molecule has 0 bridgehead atoms. The molecule has 1 unspecified atom stereocenters. The van der Waals surface area contributed by atoms with Gasteiger partial charge in [-0.15, -0.1) is 0 Å². The van der Waals surface area contributed by atoms with Gasteiger partial charge in [0, 0.05) is 25.2 Å². The molecule has 0 spiro atoms. The smallest absolute Gasteiger partial charge is 0.191 e. The minimum absolute atomic E-state index is 0.376. The van der Waals surface area contributed by atoms with E-state index in [0.29, 0.717) is 11.5 Å². The van der Waals surface area contributed by atoms with Crippen molar-refractivity contribution in [2.24, 2.45) is 10.4 Å². The summed E-state index contributed by atoms with van der Waals surface area (Å²) in [5, 5.41) is 10.8. The van der Waals surface area contributed by atoms with E-state index in [1.807, 2.05) is 20.9 Å². The van der Waals surface area contributed by atoms with Crippen molar-refractivity contribution in [3.63, 3.8) is 0 Å². The second-order valence-corrected chi connectivity index (χ2v) is 7.55. The summed E-state index contributed by atoms with van der Waals surface area (Å²) in [6.45, 7) is 13.9. The van der Waals surface area contributed by atoms with E-state index in [1.165, 1.54) is 12.0 Å². The molecule has 1 atom stereocenters. The van der Waals surface area contributed by atoms with Crippen LogP contribution in [-0.2, 0) is 6.42 Å². The Labute approximate surface area is 141 Å². The summed E-state index contributed by atoms with van der Waals surface area (Å²) in [7, 11) is 1.82. The second kappa shape index (κ2) is 8.94. The standard InChI is InChI=1S/C18H34N4O/c1-13(10-11-18(4,5)6)21-17(19-7)20-12-8-9-16-14(2)22-23-15(16)3/h13H,8-12H2,1-7H3,(H2,19,20,21). The molecular formula is C18H34N4O. The average Bonchev–Trinajstić information content (AvgIpc) is 2.78. The molecule has 1 heterocycles. The second-order valence-electron chi connectivity index (χ2n) is 7.55. The number of aromatic nitrogens is 1. The zero-order valence-corrected chi connectivity index (χ0v) is 15.9. The van der Waals surface area contributed by atoms with Gasteiger partial charge in [-0.25, -0.2) is 0 Å². The third kappa shape index (κ3) is 7.53. The largest absolute Gasteiger partial charge is 0.361 e. The van der Waals surface area contributed by atoms with Crippen LogP contribution in [0.15, 0.2) is 9.52 Å². The Morgan fingerprint density at radius 3 is 2.52 bits per heavy atom. The molecule has 0 fully saturated rings. The van der Waals surface area contributed by atoms with Gasteiger partial charge < -0.3 is 15.2 Å². The van der Waals surface area contributed by atoms with E-state index in [4.69, 9.17) is 4.52 Å². The first-order chi connectivity index (χ1) is 10.7. The quantitative estimate of drug-likeness (QED) is 0.457. The highest BCUT2D eigenvalue weighted by molar-refractivity contribution is 5.79. The van der Waals surface area contributed by atoms with Gasteiger partial charge in [0.05, 0.1) is 5.69 Å². The number of aliphatic imine (C=N–C) groups is 1. The van der Waals surface area contributed by atoms with Crippen LogP contribution in [0, 0.1) is 19.3 Å². The van der Waals surface area contributed by atoms with Gasteiger partial charge in [0.2, 0.25) is 0 Å². The van der Waals surface area contributed by atoms with E-state index in [9.17, 15) is 0 Å². The fourth-order valence-corrected chi connectivity index (χ4v) is 2.48. The van der Waals surface area contributed by atoms with Gasteiger partial charge in [-0.3, -0.25) is 4.99 Å². The topological polar surface area (TPSA) is 62.5 Å². The molecular weight excluding hydrogens is 288 g/mol. The van der Waals surface area contributed by atoms with Crippen molar-refractivity contribution >= 4 is 5.96 Å². The van der Waals surface area contributed by atoms with Crippen molar-refractivity contribution in [3.05, 3.63) is 17.0 Å². The number of nitrogens with one attached hydrogen (secondary N) is 2. The zero-order valence-electron chi connectivity index (χ0n) is 15.9. The molecule has 23 heavy (non-hydrogen) atoms. The third-order valence-electron chi connectivity index (χ3n) is 4.01. The Hall–Kier alpha value is -1.52. The summed E-state index contributed by atoms with van der Waals surface area (Å²) in [6, 6.07) is 0.419. The molecule has 1 aromatic heterocycles. The first-order valence-corrected chi connectivity index (χ1v) is 8.62. The van der Waals surface area contributed by atoms with Gasteiger partial charge in [0.1, 0.15) is 5.76 Å². The minimum atomic E-state index is 0.376. The van der Waals surface area contributed by atoms with Crippen molar-refractivity contribution in [3.8, 4) is 0 Å². The Kier molecular flexibility index (Phi) is 7.59. The van der Waals surface area contributed by atoms with Gasteiger partial charge in [-0.05, 0) is 51.9 Å². The van der Waals surface area contributed by atoms with Crippen LogP contribution >= 0.6 is 0 Å². The highest BCUT2D eigenvalue weighted by Gasteiger charge is 2.13. The van der Waals surface area contributed by atoms with E-state index in [2.05, 4.69) is 48.5 Å². The van der Waals surface area contributed by atoms with Crippen LogP contribution in [-0.4, -0.2) is 30.8 Å². The van der Waals surface area contributed by atoms with E-state index in [-0.39, 0.29) is 0 Å². The summed E-state index contributed by atoms with van der Waals surface area (Å²) in [4.78, 5) is 4.31. The van der Waals surface area contributed by atoms with Gasteiger partial charge in [0.25, 0.3) is 0 Å². The van der Waals surface area contributed by atoms with Crippen molar-refractivity contribution in [1.82, 2.24) is 15.8 Å². The number of guanidine groups is 1. The Bertz CT molecular complexity index is 480. The maximum Gasteiger partial charge on any atom is 0.191 e. The van der Waals surface area contributed by atoms with Gasteiger partial charge in [-0.2, -0.15) is 0 Å². The fourth-order valence-electron chi connectivity index (χ4n) is 2.48. The van der Waals surface area contributed by atoms with Gasteiger partial charge in [0.15, 0.2) is 5.96 Å². The summed E-state index contributed by atoms with van der Waals surface area (Å²) >= 11 is 0. The third-order valence-corrected chi connectivity index (χ3v) is 4.01. The van der Waals surface area contributed by atoms with Crippen LogP contribution in [0.25, 0.3) is 0 Å². The van der Waals surface area contributed by atoms with Gasteiger partial charge >= 0.3 is 0 Å². The maximum atomic E-state index is 5.20. The molecule has 0 saturated carbocycles. The van der Waals surface area contributed by atoms with Gasteiger partial charge in [-0.1, -0.05) is 25.9 Å². The summed E-state index contributed by atoms with van der Waals surface area (Å²) in [5.41, 5.74) is 2.61. The Balaban J connectivity index is 2.29.